The van der Waals surface area contributed by atoms with E-state index < -0.39 is 35.7 Å². The number of carbonyl (C=O) groups is 3. The Labute approximate surface area is 66.4 Å². The molecular formula is C6H6O6. The highest BCUT2D eigenvalue weighted by molar-refractivity contribution is 6.66. The number of Topliss-reactive ketones (excluding diaryl/α,β-unsaturated/α-hetero) is 3. The van der Waals surface area contributed by atoms with Gasteiger partial charge in [0, 0.05) is 0 Å². The van der Waals surface area contributed by atoms with Crippen molar-refractivity contribution in [1.82, 2.24) is 0 Å². The lowest BCUT2D eigenvalue weighted by Crippen LogP contribution is -2.57. The third-order valence-corrected chi connectivity index (χ3v) is 1.63. The lowest BCUT2D eigenvalue weighted by molar-refractivity contribution is -0.165. The highest BCUT2D eigenvalue weighted by atomic mass is 16.4. The predicted octanol–water partition coefficient (Wildman–Crippen LogP) is -3.21. The molecule has 66 valence electrons. The van der Waals surface area contributed by atoms with Crippen molar-refractivity contribution in [3.8, 4) is 0 Å². The summed E-state index contributed by atoms with van der Waals surface area (Å²) >= 11 is 0. The van der Waals surface area contributed by atoms with E-state index in [0.29, 0.717) is 0 Å². The minimum Gasteiger partial charge on any atom is -0.387 e. The van der Waals surface area contributed by atoms with E-state index in [4.69, 9.17) is 15.3 Å². The van der Waals surface area contributed by atoms with Crippen LogP contribution in [0.3, 0.4) is 0 Å². The Morgan fingerprint density at radius 3 is 1.50 bits per heavy atom. The molecule has 0 unspecified atom stereocenters. The first-order valence-corrected chi connectivity index (χ1v) is 3.13. The second kappa shape index (κ2) is 2.74. The van der Waals surface area contributed by atoms with Crippen molar-refractivity contribution in [3.05, 3.63) is 0 Å². The molecule has 1 rings (SSSR count). The average molecular weight is 174 g/mol. The summed E-state index contributed by atoms with van der Waals surface area (Å²) in [4.78, 5) is 31.8. The first-order chi connectivity index (χ1) is 5.46. The van der Waals surface area contributed by atoms with Crippen LogP contribution in [0.4, 0.5) is 0 Å². The zero-order chi connectivity index (χ0) is 9.46. The molecule has 3 atom stereocenters. The molecule has 0 aromatic rings. The zero-order valence-electron chi connectivity index (χ0n) is 5.80. The van der Waals surface area contributed by atoms with Crippen molar-refractivity contribution in [2.75, 3.05) is 0 Å². The Morgan fingerprint density at radius 1 is 0.833 bits per heavy atom. The van der Waals surface area contributed by atoms with E-state index in [2.05, 4.69) is 0 Å². The van der Waals surface area contributed by atoms with E-state index in [-0.39, 0.29) is 0 Å². The van der Waals surface area contributed by atoms with Crippen molar-refractivity contribution in [1.29, 1.82) is 0 Å². The molecule has 12 heavy (non-hydrogen) atoms. The van der Waals surface area contributed by atoms with Gasteiger partial charge < -0.3 is 15.3 Å². The molecule has 6 nitrogen and oxygen atoms in total. The van der Waals surface area contributed by atoms with Crippen LogP contribution in [0.2, 0.25) is 0 Å². The topological polar surface area (TPSA) is 112 Å². The minimum atomic E-state index is -2.00. The standard InChI is InChI=1S/C6H6O6/c7-1-2(8)4(10)6(12)5(11)3(1)9/h1-3,7-9H/t1-,2-,3+. The summed E-state index contributed by atoms with van der Waals surface area (Å²) in [6.45, 7) is 0. The number of hydrogen-bond donors (Lipinski definition) is 3. The molecule has 0 bridgehead atoms. The highest BCUT2D eigenvalue weighted by Gasteiger charge is 2.47. The Hall–Kier alpha value is -1.11. The monoisotopic (exact) mass is 174 g/mol. The molecule has 0 aliphatic heterocycles. The van der Waals surface area contributed by atoms with Gasteiger partial charge in [0.2, 0.25) is 11.6 Å². The van der Waals surface area contributed by atoms with Crippen LogP contribution in [-0.4, -0.2) is 51.0 Å². The van der Waals surface area contributed by atoms with Crippen LogP contribution < -0.4 is 0 Å². The molecule has 0 amide bonds. The number of rotatable bonds is 0. The Morgan fingerprint density at radius 2 is 1.17 bits per heavy atom. The normalized spacial score (nSPS) is 37.2. The maximum absolute atomic E-state index is 10.6. The first-order valence-electron chi connectivity index (χ1n) is 3.13. The van der Waals surface area contributed by atoms with Crippen LogP contribution in [-0.2, 0) is 14.4 Å². The molecule has 3 N–H and O–H groups in total. The molecule has 6 heteroatoms. The third-order valence-electron chi connectivity index (χ3n) is 1.63. The van der Waals surface area contributed by atoms with Crippen LogP contribution in [0.15, 0.2) is 0 Å². The Bertz CT molecular complexity index is 233. The highest BCUT2D eigenvalue weighted by Crippen LogP contribution is 2.10. The van der Waals surface area contributed by atoms with Crippen LogP contribution in [0.25, 0.3) is 0 Å². The summed E-state index contributed by atoms with van der Waals surface area (Å²) in [6, 6.07) is 0. The van der Waals surface area contributed by atoms with Crippen LogP contribution in [0.1, 0.15) is 0 Å². The maximum Gasteiger partial charge on any atom is 0.269 e. The van der Waals surface area contributed by atoms with Gasteiger partial charge in [-0.05, 0) is 0 Å². The zero-order valence-corrected chi connectivity index (χ0v) is 5.80. The van der Waals surface area contributed by atoms with Gasteiger partial charge in [0.15, 0.2) is 0 Å². The lowest BCUT2D eigenvalue weighted by Gasteiger charge is -2.24. The van der Waals surface area contributed by atoms with Crippen LogP contribution >= 0.6 is 0 Å². The predicted molar refractivity (Wildman–Crippen MR) is 33.0 cm³/mol. The van der Waals surface area contributed by atoms with Gasteiger partial charge in [-0.1, -0.05) is 0 Å². The molecule has 0 heterocycles. The molecule has 1 aliphatic rings. The van der Waals surface area contributed by atoms with Gasteiger partial charge >= 0.3 is 0 Å². The van der Waals surface area contributed by atoms with Crippen molar-refractivity contribution < 1.29 is 29.7 Å². The fraction of sp³-hybridized carbons (Fsp3) is 0.500. The minimum absolute atomic E-state index is 1.38. The van der Waals surface area contributed by atoms with Crippen LogP contribution in [0.5, 0.6) is 0 Å². The summed E-state index contributed by atoms with van der Waals surface area (Å²) in [5.74, 6) is -4.23. The van der Waals surface area contributed by atoms with E-state index in [9.17, 15) is 14.4 Å². The summed E-state index contributed by atoms with van der Waals surface area (Å²) < 4.78 is 0. The van der Waals surface area contributed by atoms with E-state index in [0.717, 1.165) is 0 Å². The third kappa shape index (κ3) is 1.06. The van der Waals surface area contributed by atoms with Gasteiger partial charge in [0.05, 0.1) is 0 Å². The van der Waals surface area contributed by atoms with E-state index in [1.165, 1.54) is 0 Å². The summed E-state index contributed by atoms with van der Waals surface area (Å²) in [5.41, 5.74) is 0. The molecule has 1 saturated carbocycles. The molecule has 0 radical (unpaired) electrons. The van der Waals surface area contributed by atoms with Gasteiger partial charge in [-0.15, -0.1) is 0 Å². The number of aliphatic hydroxyl groups excluding tert-OH is 3. The van der Waals surface area contributed by atoms with Crippen molar-refractivity contribution in [2.45, 2.75) is 18.3 Å². The molecular weight excluding hydrogens is 168 g/mol. The Balaban J connectivity index is 2.99. The Kier molecular flexibility index (Phi) is 2.05. The summed E-state index contributed by atoms with van der Waals surface area (Å²) in [7, 11) is 0. The molecule has 1 aliphatic carbocycles. The maximum atomic E-state index is 10.6. The van der Waals surface area contributed by atoms with Gasteiger partial charge in [0.25, 0.3) is 5.78 Å². The second-order valence-corrected chi connectivity index (χ2v) is 2.44. The molecule has 0 aromatic heterocycles. The van der Waals surface area contributed by atoms with E-state index in [1.807, 2.05) is 0 Å². The summed E-state index contributed by atoms with van der Waals surface area (Å²) in [5, 5.41) is 26.4. The number of aliphatic hydroxyl groups is 3. The molecule has 0 spiro atoms. The van der Waals surface area contributed by atoms with Crippen molar-refractivity contribution >= 4 is 17.3 Å². The fourth-order valence-corrected chi connectivity index (χ4v) is 0.873. The molecule has 1 fully saturated rings. The molecule has 0 saturated heterocycles. The smallest absolute Gasteiger partial charge is 0.269 e. The van der Waals surface area contributed by atoms with E-state index >= 15 is 0 Å². The fourth-order valence-electron chi connectivity index (χ4n) is 0.873. The molecule has 0 aromatic carbocycles. The second-order valence-electron chi connectivity index (χ2n) is 2.44. The number of carbonyl (C=O) groups excluding carboxylic acids is 3. The first kappa shape index (κ1) is 8.98. The van der Waals surface area contributed by atoms with Gasteiger partial charge in [-0.3, -0.25) is 14.4 Å². The number of hydrogen-bond acceptors (Lipinski definition) is 6. The van der Waals surface area contributed by atoms with E-state index in [1.54, 1.807) is 0 Å². The quantitative estimate of drug-likeness (QED) is 0.333. The van der Waals surface area contributed by atoms with Crippen molar-refractivity contribution in [3.63, 3.8) is 0 Å². The summed E-state index contributed by atoms with van der Waals surface area (Å²) in [6.07, 6.45) is -5.89. The SMILES string of the molecule is O=C1C(=O)[C@@H](O)[C@H](O)[C@@H](O)C1=O. The lowest BCUT2D eigenvalue weighted by atomic mass is 9.89. The van der Waals surface area contributed by atoms with Gasteiger partial charge in [-0.2, -0.15) is 0 Å². The van der Waals surface area contributed by atoms with Crippen LogP contribution in [0, 0.1) is 0 Å². The average Bonchev–Trinajstić information content (AvgIpc) is 2.08. The number of ketones is 3. The largest absolute Gasteiger partial charge is 0.387 e. The van der Waals surface area contributed by atoms with Gasteiger partial charge in [0.1, 0.15) is 18.3 Å². The van der Waals surface area contributed by atoms with Crippen molar-refractivity contribution in [2.24, 2.45) is 0 Å². The van der Waals surface area contributed by atoms with Gasteiger partial charge in [-0.25, -0.2) is 0 Å².